The number of benzene rings is 1. The van der Waals surface area contributed by atoms with Crippen molar-refractivity contribution in [2.75, 3.05) is 20.8 Å². The number of pyridine rings is 1. The summed E-state index contributed by atoms with van der Waals surface area (Å²) >= 11 is 1.68. The zero-order chi connectivity index (χ0) is 16.4. The Balaban J connectivity index is 2.18. The highest BCUT2D eigenvalue weighted by atomic mass is 32.2. The SMILES string of the molecule is COc1cc(OC)c2ncc(C#N)c(S[C@H]3CCO[C@@H]3C)c2c1. The molecule has 0 unspecified atom stereocenters. The Labute approximate surface area is 139 Å². The Morgan fingerprint density at radius 1 is 1.35 bits per heavy atom. The van der Waals surface area contributed by atoms with Crippen LogP contribution < -0.4 is 9.47 Å². The first-order valence-corrected chi connectivity index (χ1v) is 8.29. The highest BCUT2D eigenvalue weighted by molar-refractivity contribution is 8.00. The van der Waals surface area contributed by atoms with Gasteiger partial charge < -0.3 is 14.2 Å². The summed E-state index contributed by atoms with van der Waals surface area (Å²) < 4.78 is 16.4. The molecule has 0 spiro atoms. The van der Waals surface area contributed by atoms with Crippen molar-refractivity contribution in [1.29, 1.82) is 5.26 Å². The van der Waals surface area contributed by atoms with E-state index in [0.717, 1.165) is 28.8 Å². The third-order valence-corrected chi connectivity index (χ3v) is 5.61. The molecule has 0 aliphatic carbocycles. The predicted octanol–water partition coefficient (Wildman–Crippen LogP) is 3.39. The normalized spacial score (nSPS) is 20.4. The van der Waals surface area contributed by atoms with Crippen LogP contribution in [-0.4, -0.2) is 37.2 Å². The molecular weight excluding hydrogens is 312 g/mol. The van der Waals surface area contributed by atoms with E-state index in [4.69, 9.17) is 14.2 Å². The molecule has 5 nitrogen and oxygen atoms in total. The first kappa shape index (κ1) is 15.9. The molecule has 1 fully saturated rings. The number of methoxy groups -OCH3 is 2. The number of ether oxygens (including phenoxy) is 3. The Kier molecular flexibility index (Phi) is 4.60. The van der Waals surface area contributed by atoms with Crippen molar-refractivity contribution in [2.45, 2.75) is 29.6 Å². The van der Waals surface area contributed by atoms with Gasteiger partial charge in [0.05, 0.1) is 25.9 Å². The maximum Gasteiger partial charge on any atom is 0.148 e. The summed E-state index contributed by atoms with van der Waals surface area (Å²) in [6, 6.07) is 5.96. The lowest BCUT2D eigenvalue weighted by atomic mass is 10.1. The summed E-state index contributed by atoms with van der Waals surface area (Å²) in [5.41, 5.74) is 1.30. The smallest absolute Gasteiger partial charge is 0.148 e. The number of aromatic nitrogens is 1. The van der Waals surface area contributed by atoms with Crippen LogP contribution >= 0.6 is 11.8 Å². The number of thioether (sulfide) groups is 1. The molecule has 6 heteroatoms. The van der Waals surface area contributed by atoms with Gasteiger partial charge in [0, 0.05) is 34.4 Å². The second-order valence-corrected chi connectivity index (χ2v) is 6.61. The van der Waals surface area contributed by atoms with Gasteiger partial charge in [0.25, 0.3) is 0 Å². The van der Waals surface area contributed by atoms with Crippen molar-refractivity contribution in [2.24, 2.45) is 0 Å². The molecule has 3 rings (SSSR count). The lowest BCUT2D eigenvalue weighted by Gasteiger charge is -2.17. The zero-order valence-corrected chi connectivity index (χ0v) is 14.1. The van der Waals surface area contributed by atoms with Crippen molar-refractivity contribution in [1.82, 2.24) is 4.98 Å². The van der Waals surface area contributed by atoms with Crippen LogP contribution in [0.4, 0.5) is 0 Å². The second-order valence-electron chi connectivity index (χ2n) is 5.36. The van der Waals surface area contributed by atoms with E-state index >= 15 is 0 Å². The largest absolute Gasteiger partial charge is 0.497 e. The fraction of sp³-hybridized carbons (Fsp3) is 0.412. The molecule has 0 saturated carbocycles. The van der Waals surface area contributed by atoms with Crippen LogP contribution in [0.15, 0.2) is 23.2 Å². The number of nitrogens with zero attached hydrogens (tertiary/aromatic N) is 2. The van der Waals surface area contributed by atoms with Crippen LogP contribution in [0.5, 0.6) is 11.5 Å². The van der Waals surface area contributed by atoms with E-state index in [1.807, 2.05) is 6.07 Å². The summed E-state index contributed by atoms with van der Waals surface area (Å²) in [5, 5.41) is 10.7. The van der Waals surface area contributed by atoms with Gasteiger partial charge in [-0.25, -0.2) is 0 Å². The van der Waals surface area contributed by atoms with Crippen molar-refractivity contribution in [3.63, 3.8) is 0 Å². The Morgan fingerprint density at radius 3 is 2.78 bits per heavy atom. The number of hydrogen-bond acceptors (Lipinski definition) is 6. The molecule has 1 aliphatic heterocycles. The summed E-state index contributed by atoms with van der Waals surface area (Å²) in [6.45, 7) is 2.83. The number of rotatable bonds is 4. The molecular formula is C17H18N2O3S. The van der Waals surface area contributed by atoms with E-state index in [-0.39, 0.29) is 6.10 Å². The summed E-state index contributed by atoms with van der Waals surface area (Å²) in [5.74, 6) is 1.32. The van der Waals surface area contributed by atoms with Crippen LogP contribution in [0.25, 0.3) is 10.9 Å². The lowest BCUT2D eigenvalue weighted by Crippen LogP contribution is -2.13. The van der Waals surface area contributed by atoms with Crippen molar-refractivity contribution < 1.29 is 14.2 Å². The second kappa shape index (κ2) is 6.65. The van der Waals surface area contributed by atoms with Gasteiger partial charge in [-0.3, -0.25) is 4.98 Å². The van der Waals surface area contributed by atoms with Gasteiger partial charge >= 0.3 is 0 Å². The third-order valence-electron chi connectivity index (χ3n) is 4.01. The predicted molar refractivity (Wildman–Crippen MR) is 89.2 cm³/mol. The Morgan fingerprint density at radius 2 is 2.17 bits per heavy atom. The van der Waals surface area contributed by atoms with E-state index in [9.17, 15) is 5.26 Å². The molecule has 2 atom stereocenters. The fourth-order valence-electron chi connectivity index (χ4n) is 2.72. The van der Waals surface area contributed by atoms with Crippen LogP contribution in [0.2, 0.25) is 0 Å². The summed E-state index contributed by atoms with van der Waals surface area (Å²) in [6.07, 6.45) is 2.75. The molecule has 0 bridgehead atoms. The molecule has 1 aliphatic rings. The van der Waals surface area contributed by atoms with Gasteiger partial charge in [-0.15, -0.1) is 11.8 Å². The minimum absolute atomic E-state index is 0.169. The first-order chi connectivity index (χ1) is 11.2. The molecule has 0 radical (unpaired) electrons. The van der Waals surface area contributed by atoms with E-state index in [0.29, 0.717) is 22.3 Å². The third kappa shape index (κ3) is 2.94. The van der Waals surface area contributed by atoms with E-state index in [1.165, 1.54) is 0 Å². The highest BCUT2D eigenvalue weighted by Gasteiger charge is 2.27. The monoisotopic (exact) mass is 330 g/mol. The van der Waals surface area contributed by atoms with Gasteiger partial charge in [-0.1, -0.05) is 0 Å². The van der Waals surface area contributed by atoms with Gasteiger partial charge in [0.1, 0.15) is 23.1 Å². The van der Waals surface area contributed by atoms with E-state index in [1.54, 1.807) is 38.2 Å². The quantitative estimate of drug-likeness (QED) is 0.856. The van der Waals surface area contributed by atoms with Gasteiger partial charge in [0.2, 0.25) is 0 Å². The van der Waals surface area contributed by atoms with Crippen LogP contribution in [-0.2, 0) is 4.74 Å². The molecule has 0 amide bonds. The van der Waals surface area contributed by atoms with E-state index in [2.05, 4.69) is 18.0 Å². The minimum atomic E-state index is 0.169. The van der Waals surface area contributed by atoms with Gasteiger partial charge in [-0.05, 0) is 19.4 Å². The molecule has 1 aromatic heterocycles. The van der Waals surface area contributed by atoms with Crippen molar-refractivity contribution in [3.05, 3.63) is 23.9 Å². The van der Waals surface area contributed by atoms with Gasteiger partial charge in [-0.2, -0.15) is 5.26 Å². The number of fused-ring (bicyclic) bond motifs is 1. The molecule has 1 saturated heterocycles. The Bertz CT molecular complexity index is 773. The average molecular weight is 330 g/mol. The first-order valence-electron chi connectivity index (χ1n) is 7.41. The standard InChI is InChI=1S/C17H18N2O3S/c1-10-15(4-5-22-10)23-17-11(8-18)9-19-16-13(17)6-12(20-2)7-14(16)21-3/h6-7,9-10,15H,4-5H2,1-3H3/t10-,15+/m1/s1. The maximum atomic E-state index is 9.47. The van der Waals surface area contributed by atoms with Crippen LogP contribution in [0, 0.1) is 11.3 Å². The lowest BCUT2D eigenvalue weighted by molar-refractivity contribution is 0.127. The zero-order valence-electron chi connectivity index (χ0n) is 13.3. The van der Waals surface area contributed by atoms with Crippen LogP contribution in [0.1, 0.15) is 18.9 Å². The number of hydrogen-bond donors (Lipinski definition) is 0. The van der Waals surface area contributed by atoms with Crippen molar-refractivity contribution >= 4 is 22.7 Å². The number of nitriles is 1. The maximum absolute atomic E-state index is 9.47. The fourth-order valence-corrected chi connectivity index (χ4v) is 4.01. The molecule has 120 valence electrons. The highest BCUT2D eigenvalue weighted by Crippen LogP contribution is 2.41. The summed E-state index contributed by atoms with van der Waals surface area (Å²) in [4.78, 5) is 5.32. The molecule has 23 heavy (non-hydrogen) atoms. The Hall–Kier alpha value is -1.97. The van der Waals surface area contributed by atoms with Gasteiger partial charge in [0.15, 0.2) is 0 Å². The topological polar surface area (TPSA) is 64.4 Å². The van der Waals surface area contributed by atoms with Crippen LogP contribution in [0.3, 0.4) is 0 Å². The van der Waals surface area contributed by atoms with Crippen molar-refractivity contribution in [3.8, 4) is 17.6 Å². The summed E-state index contributed by atoms with van der Waals surface area (Å²) in [7, 11) is 3.22. The van der Waals surface area contributed by atoms with E-state index < -0.39 is 0 Å². The molecule has 1 aromatic carbocycles. The minimum Gasteiger partial charge on any atom is -0.497 e. The molecule has 2 heterocycles. The molecule has 2 aromatic rings. The average Bonchev–Trinajstić information content (AvgIpc) is 2.99. The molecule has 0 N–H and O–H groups in total.